The molecule has 0 radical (unpaired) electrons. The highest BCUT2D eigenvalue weighted by molar-refractivity contribution is 6.30. The Balaban J connectivity index is 1.41. The number of nitrogens with one attached hydrogen (secondary N) is 2. The van der Waals surface area contributed by atoms with E-state index in [-0.39, 0.29) is 5.91 Å². The first-order chi connectivity index (χ1) is 17.1. The summed E-state index contributed by atoms with van der Waals surface area (Å²) in [7, 11) is 0. The molecular formula is C27H27ClN6O. The van der Waals surface area contributed by atoms with Gasteiger partial charge in [0.15, 0.2) is 0 Å². The molecule has 1 amide bonds. The van der Waals surface area contributed by atoms with Crippen LogP contribution in [0.4, 0.5) is 11.5 Å². The second-order valence-electron chi connectivity index (χ2n) is 8.63. The average Bonchev–Trinajstić information content (AvgIpc) is 3.20. The number of hydrogen-bond donors (Lipinski definition) is 2. The molecule has 4 aromatic rings. The maximum atomic E-state index is 13.0. The van der Waals surface area contributed by atoms with Crippen LogP contribution in [0, 0.1) is 6.92 Å². The Bertz CT molecular complexity index is 1280. The van der Waals surface area contributed by atoms with E-state index < -0.39 is 0 Å². The quantitative estimate of drug-likeness (QED) is 0.400. The molecule has 3 aromatic heterocycles. The second-order valence-corrected chi connectivity index (χ2v) is 9.06. The number of aromatic nitrogens is 3. The number of H-pyrrole nitrogens is 1. The van der Waals surface area contributed by atoms with Crippen LogP contribution in [0.25, 0.3) is 11.3 Å². The zero-order valence-electron chi connectivity index (χ0n) is 19.5. The number of nitrogens with zero attached hydrogens (tertiary/aromatic N) is 4. The van der Waals surface area contributed by atoms with E-state index in [9.17, 15) is 4.79 Å². The van der Waals surface area contributed by atoms with Crippen molar-refractivity contribution in [3.63, 3.8) is 0 Å². The zero-order valence-corrected chi connectivity index (χ0v) is 20.3. The summed E-state index contributed by atoms with van der Waals surface area (Å²) in [6.07, 6.45) is 5.08. The fraction of sp³-hybridized carbons (Fsp3) is 0.222. The van der Waals surface area contributed by atoms with Gasteiger partial charge in [0.25, 0.3) is 5.91 Å². The third-order valence-corrected chi connectivity index (χ3v) is 6.58. The van der Waals surface area contributed by atoms with Gasteiger partial charge in [-0.3, -0.25) is 14.7 Å². The van der Waals surface area contributed by atoms with Crippen molar-refractivity contribution in [2.75, 3.05) is 36.4 Å². The van der Waals surface area contributed by atoms with Crippen molar-refractivity contribution in [2.45, 2.75) is 13.5 Å². The number of aromatic amines is 1. The molecule has 1 fully saturated rings. The van der Waals surface area contributed by atoms with Crippen LogP contribution in [-0.4, -0.2) is 51.9 Å². The first-order valence-electron chi connectivity index (χ1n) is 11.7. The fourth-order valence-corrected chi connectivity index (χ4v) is 4.58. The molecule has 5 rings (SSSR count). The number of halogens is 1. The molecular weight excluding hydrogens is 460 g/mol. The molecule has 0 bridgehead atoms. The number of carbonyl (C=O) groups is 1. The highest BCUT2D eigenvalue weighted by Gasteiger charge is 2.24. The molecule has 2 N–H and O–H groups in total. The Labute approximate surface area is 209 Å². The van der Waals surface area contributed by atoms with Crippen LogP contribution in [0.3, 0.4) is 0 Å². The van der Waals surface area contributed by atoms with Crippen LogP contribution in [0.2, 0.25) is 5.02 Å². The van der Waals surface area contributed by atoms with Gasteiger partial charge in [-0.25, -0.2) is 4.98 Å². The maximum Gasteiger partial charge on any atom is 0.255 e. The maximum absolute atomic E-state index is 13.0. The van der Waals surface area contributed by atoms with Gasteiger partial charge >= 0.3 is 0 Å². The molecule has 1 saturated heterocycles. The summed E-state index contributed by atoms with van der Waals surface area (Å²) in [6, 6.07) is 17.2. The lowest BCUT2D eigenvalue weighted by Crippen LogP contribution is -2.46. The van der Waals surface area contributed by atoms with Gasteiger partial charge in [0, 0.05) is 73.2 Å². The van der Waals surface area contributed by atoms with Crippen molar-refractivity contribution >= 4 is 29.0 Å². The summed E-state index contributed by atoms with van der Waals surface area (Å²) in [5.41, 5.74) is 5.41. The minimum Gasteiger partial charge on any atom is -0.357 e. The summed E-state index contributed by atoms with van der Waals surface area (Å²) >= 11 is 6.14. The number of pyridine rings is 2. The van der Waals surface area contributed by atoms with Gasteiger partial charge in [-0.2, -0.15) is 0 Å². The molecule has 0 aliphatic carbocycles. The molecule has 0 saturated carbocycles. The predicted molar refractivity (Wildman–Crippen MR) is 140 cm³/mol. The number of hydrogen-bond acceptors (Lipinski definition) is 5. The number of amides is 1. The van der Waals surface area contributed by atoms with Crippen LogP contribution in [-0.2, 0) is 6.54 Å². The summed E-state index contributed by atoms with van der Waals surface area (Å²) in [5, 5.41) is 3.84. The lowest BCUT2D eigenvalue weighted by atomic mass is 10.1. The normalized spacial score (nSPS) is 14.2. The molecule has 35 heavy (non-hydrogen) atoms. The number of piperazine rings is 1. The number of aryl methyl sites for hydroxylation is 1. The summed E-state index contributed by atoms with van der Waals surface area (Å²) < 4.78 is 0. The Kier molecular flexibility index (Phi) is 6.79. The van der Waals surface area contributed by atoms with Crippen molar-refractivity contribution < 1.29 is 4.79 Å². The Hall–Kier alpha value is -3.68. The molecule has 1 aliphatic heterocycles. The van der Waals surface area contributed by atoms with Crippen molar-refractivity contribution in [2.24, 2.45) is 0 Å². The van der Waals surface area contributed by atoms with E-state index in [2.05, 4.69) is 36.1 Å². The van der Waals surface area contributed by atoms with Gasteiger partial charge in [-0.05, 0) is 48.9 Å². The highest BCUT2D eigenvalue weighted by atomic mass is 35.5. The molecule has 0 spiro atoms. The number of carbonyl (C=O) groups excluding carboxylic acids is 1. The van der Waals surface area contributed by atoms with Gasteiger partial charge in [-0.1, -0.05) is 29.8 Å². The second kappa shape index (κ2) is 10.3. The largest absolute Gasteiger partial charge is 0.357 e. The standard InChI is InChI=1S/C27H27ClN6O/c1-19-25(32-27(35)21-9-12-29-13-10-21)23(26(31-19)20-5-7-22(28)8-6-20)18-33-14-16-34(17-15-33)24-4-2-3-11-30-24/h2-13,31H,14-18H2,1H3,(H,32,35). The predicted octanol–water partition coefficient (Wildman–Crippen LogP) is 5.01. The first-order valence-corrected chi connectivity index (χ1v) is 12.0. The Morgan fingerprint density at radius 3 is 2.43 bits per heavy atom. The van der Waals surface area contributed by atoms with E-state index >= 15 is 0 Å². The Morgan fingerprint density at radius 2 is 1.74 bits per heavy atom. The topological polar surface area (TPSA) is 77.2 Å². The van der Waals surface area contributed by atoms with Crippen LogP contribution in [0.5, 0.6) is 0 Å². The van der Waals surface area contributed by atoms with Gasteiger partial charge in [0.05, 0.1) is 11.4 Å². The van der Waals surface area contributed by atoms with E-state index in [0.717, 1.165) is 60.2 Å². The SMILES string of the molecule is Cc1[nH]c(-c2ccc(Cl)cc2)c(CN2CCN(c3ccccn3)CC2)c1NC(=O)c1ccncc1. The monoisotopic (exact) mass is 486 g/mol. The molecule has 4 heterocycles. The molecule has 8 heteroatoms. The van der Waals surface area contributed by atoms with E-state index in [4.69, 9.17) is 11.6 Å². The van der Waals surface area contributed by atoms with Crippen LogP contribution >= 0.6 is 11.6 Å². The molecule has 7 nitrogen and oxygen atoms in total. The van der Waals surface area contributed by atoms with Crippen molar-refractivity contribution in [3.8, 4) is 11.3 Å². The number of anilines is 2. The van der Waals surface area contributed by atoms with Crippen LogP contribution in [0.15, 0.2) is 73.2 Å². The van der Waals surface area contributed by atoms with Crippen molar-refractivity contribution in [3.05, 3.63) is 95.0 Å². The average molecular weight is 487 g/mol. The fourth-order valence-electron chi connectivity index (χ4n) is 4.46. The van der Waals surface area contributed by atoms with Crippen molar-refractivity contribution in [1.82, 2.24) is 19.9 Å². The zero-order chi connectivity index (χ0) is 24.2. The van der Waals surface area contributed by atoms with E-state index in [1.807, 2.05) is 49.5 Å². The third-order valence-electron chi connectivity index (χ3n) is 6.33. The van der Waals surface area contributed by atoms with Crippen molar-refractivity contribution in [1.29, 1.82) is 0 Å². The lowest BCUT2D eigenvalue weighted by molar-refractivity contribution is 0.102. The molecule has 0 atom stereocenters. The minimum absolute atomic E-state index is 0.154. The molecule has 1 aromatic carbocycles. The molecule has 178 valence electrons. The smallest absolute Gasteiger partial charge is 0.255 e. The van der Waals surface area contributed by atoms with Gasteiger partial charge in [-0.15, -0.1) is 0 Å². The molecule has 1 aliphatic rings. The van der Waals surface area contributed by atoms with E-state index in [1.54, 1.807) is 24.5 Å². The highest BCUT2D eigenvalue weighted by Crippen LogP contribution is 2.34. The van der Waals surface area contributed by atoms with Gasteiger partial charge in [0.1, 0.15) is 5.82 Å². The summed E-state index contributed by atoms with van der Waals surface area (Å²) in [5.74, 6) is 0.857. The summed E-state index contributed by atoms with van der Waals surface area (Å²) in [6.45, 7) is 6.30. The minimum atomic E-state index is -0.154. The van der Waals surface area contributed by atoms with E-state index in [0.29, 0.717) is 17.1 Å². The van der Waals surface area contributed by atoms with Crippen LogP contribution < -0.4 is 10.2 Å². The van der Waals surface area contributed by atoms with Gasteiger partial charge < -0.3 is 15.2 Å². The third kappa shape index (κ3) is 5.21. The van der Waals surface area contributed by atoms with Crippen LogP contribution in [0.1, 0.15) is 21.6 Å². The summed E-state index contributed by atoms with van der Waals surface area (Å²) in [4.78, 5) is 29.8. The molecule has 0 unspecified atom stereocenters. The van der Waals surface area contributed by atoms with Gasteiger partial charge in [0.2, 0.25) is 0 Å². The lowest BCUT2D eigenvalue weighted by Gasteiger charge is -2.35. The first kappa shape index (κ1) is 23.1. The number of benzene rings is 1. The Morgan fingerprint density at radius 1 is 1.00 bits per heavy atom. The number of rotatable bonds is 6. The van der Waals surface area contributed by atoms with E-state index in [1.165, 1.54) is 0 Å².